The summed E-state index contributed by atoms with van der Waals surface area (Å²) >= 11 is 8.73. The highest BCUT2D eigenvalue weighted by atomic mass is 79.9. The molecule has 14 heavy (non-hydrogen) atoms. The summed E-state index contributed by atoms with van der Waals surface area (Å²) in [4.78, 5) is 2.71. The van der Waals surface area contributed by atoms with Crippen LogP contribution in [0.25, 0.3) is 0 Å². The second-order valence-corrected chi connectivity index (χ2v) is 4.29. The number of ether oxygens (including phenoxy) is 1. The predicted octanol–water partition coefficient (Wildman–Crippen LogP) is 2.69. The Kier molecular flexibility index (Phi) is 3.89. The largest absolute Gasteiger partial charge is 0.497 e. The molecule has 0 aliphatic heterocycles. The number of hydrogen-bond donors (Lipinski definition) is 0. The summed E-state index contributed by atoms with van der Waals surface area (Å²) in [6.45, 7) is 0. The van der Waals surface area contributed by atoms with Crippen molar-refractivity contribution in [2.24, 2.45) is 0 Å². The van der Waals surface area contributed by atoms with E-state index in [4.69, 9.17) is 17.0 Å². The molecule has 2 nitrogen and oxygen atoms in total. The molecule has 0 spiro atoms. The fourth-order valence-corrected chi connectivity index (χ4v) is 1.89. The Morgan fingerprint density at radius 2 is 2.07 bits per heavy atom. The molecule has 0 radical (unpaired) electrons. The van der Waals surface area contributed by atoms with Crippen molar-refractivity contribution >= 4 is 33.1 Å². The van der Waals surface area contributed by atoms with Crippen LogP contribution in [0, 0.1) is 0 Å². The first-order valence-corrected chi connectivity index (χ1v) is 5.31. The summed E-state index contributed by atoms with van der Waals surface area (Å²) in [5.74, 6) is 0.821. The quantitative estimate of drug-likeness (QED) is 0.769. The van der Waals surface area contributed by atoms with Crippen LogP contribution in [0.5, 0.6) is 5.75 Å². The number of benzene rings is 1. The first-order valence-electron chi connectivity index (χ1n) is 4.11. The van der Waals surface area contributed by atoms with E-state index in [9.17, 15) is 0 Å². The highest BCUT2D eigenvalue weighted by molar-refractivity contribution is 9.10. The Bertz CT molecular complexity index is 352. The molecule has 0 heterocycles. The molecule has 0 aromatic heterocycles. The van der Waals surface area contributed by atoms with Gasteiger partial charge < -0.3 is 9.64 Å². The van der Waals surface area contributed by atoms with Crippen molar-refractivity contribution < 1.29 is 4.74 Å². The molecule has 4 heteroatoms. The van der Waals surface area contributed by atoms with Crippen LogP contribution >= 0.6 is 28.1 Å². The summed E-state index contributed by atoms with van der Waals surface area (Å²) in [6.07, 6.45) is 0. The van der Waals surface area contributed by atoms with E-state index in [2.05, 4.69) is 15.9 Å². The van der Waals surface area contributed by atoms with Crippen LogP contribution in [-0.4, -0.2) is 31.1 Å². The molecule has 0 bridgehead atoms. The molecule has 0 unspecified atom stereocenters. The Labute approximate surface area is 98.0 Å². The van der Waals surface area contributed by atoms with Crippen molar-refractivity contribution in [3.8, 4) is 5.75 Å². The Morgan fingerprint density at radius 1 is 1.43 bits per heavy atom. The van der Waals surface area contributed by atoms with Gasteiger partial charge in [-0.2, -0.15) is 0 Å². The Balaban J connectivity index is 3.06. The van der Waals surface area contributed by atoms with Gasteiger partial charge in [-0.25, -0.2) is 0 Å². The number of thiocarbonyl (C=S) groups is 1. The van der Waals surface area contributed by atoms with Crippen molar-refractivity contribution in [2.75, 3.05) is 21.2 Å². The van der Waals surface area contributed by atoms with Crippen LogP contribution < -0.4 is 4.74 Å². The highest BCUT2D eigenvalue weighted by Gasteiger charge is 2.08. The van der Waals surface area contributed by atoms with Crippen LogP contribution in [0.4, 0.5) is 0 Å². The van der Waals surface area contributed by atoms with E-state index < -0.39 is 0 Å². The first-order chi connectivity index (χ1) is 6.56. The third-order valence-electron chi connectivity index (χ3n) is 1.81. The van der Waals surface area contributed by atoms with Gasteiger partial charge in [0.05, 0.1) is 7.11 Å². The molecule has 0 atom stereocenters. The molecule has 0 fully saturated rings. The monoisotopic (exact) mass is 273 g/mol. The van der Waals surface area contributed by atoms with Crippen molar-refractivity contribution in [1.29, 1.82) is 0 Å². The predicted molar refractivity (Wildman–Crippen MR) is 66.1 cm³/mol. The second kappa shape index (κ2) is 4.75. The van der Waals surface area contributed by atoms with Gasteiger partial charge in [0, 0.05) is 24.1 Å². The third kappa shape index (κ3) is 2.45. The maximum absolute atomic E-state index is 5.27. The third-order valence-corrected chi connectivity index (χ3v) is 3.05. The maximum Gasteiger partial charge on any atom is 0.120 e. The lowest BCUT2D eigenvalue weighted by Crippen LogP contribution is -2.20. The van der Waals surface area contributed by atoms with Crippen molar-refractivity contribution in [1.82, 2.24) is 4.90 Å². The lowest BCUT2D eigenvalue weighted by Gasteiger charge is -2.15. The molecule has 1 rings (SSSR count). The van der Waals surface area contributed by atoms with Gasteiger partial charge in [-0.05, 0) is 34.1 Å². The minimum Gasteiger partial charge on any atom is -0.497 e. The van der Waals surface area contributed by atoms with Crippen LogP contribution in [0.1, 0.15) is 5.56 Å². The van der Waals surface area contributed by atoms with Gasteiger partial charge in [0.1, 0.15) is 10.7 Å². The molecule has 0 aliphatic rings. The van der Waals surface area contributed by atoms with E-state index in [1.165, 1.54) is 0 Å². The van der Waals surface area contributed by atoms with Gasteiger partial charge in [0.2, 0.25) is 0 Å². The smallest absolute Gasteiger partial charge is 0.120 e. The number of rotatable bonds is 2. The van der Waals surface area contributed by atoms with Gasteiger partial charge in [-0.3, -0.25) is 0 Å². The number of nitrogens with zero attached hydrogens (tertiary/aromatic N) is 1. The van der Waals surface area contributed by atoms with E-state index in [1.54, 1.807) is 7.11 Å². The minimum atomic E-state index is 0.805. The lowest BCUT2D eigenvalue weighted by atomic mass is 10.2. The standard InChI is InChI=1S/C10H12BrNOS/c1-12(2)10(14)8-5-4-7(13-3)6-9(8)11/h4-6H,1-3H3. The van der Waals surface area contributed by atoms with E-state index in [-0.39, 0.29) is 0 Å². The minimum absolute atomic E-state index is 0.805. The molecule has 0 saturated carbocycles. The maximum atomic E-state index is 5.27. The first kappa shape index (κ1) is 11.5. The number of hydrogen-bond acceptors (Lipinski definition) is 2. The average molecular weight is 274 g/mol. The SMILES string of the molecule is COc1ccc(C(=S)N(C)C)c(Br)c1. The van der Waals surface area contributed by atoms with Crippen molar-refractivity contribution in [2.45, 2.75) is 0 Å². The zero-order valence-corrected chi connectivity index (χ0v) is 10.8. The van der Waals surface area contributed by atoms with E-state index in [0.717, 1.165) is 20.8 Å². The normalized spacial score (nSPS) is 9.71. The van der Waals surface area contributed by atoms with Crippen LogP contribution in [0.2, 0.25) is 0 Å². The van der Waals surface area contributed by atoms with E-state index in [1.807, 2.05) is 37.2 Å². The van der Waals surface area contributed by atoms with Crippen LogP contribution in [0.15, 0.2) is 22.7 Å². The molecule has 1 aromatic rings. The summed E-state index contributed by atoms with van der Waals surface area (Å²) in [5.41, 5.74) is 1.01. The fraction of sp³-hybridized carbons (Fsp3) is 0.300. The highest BCUT2D eigenvalue weighted by Crippen LogP contribution is 2.23. The van der Waals surface area contributed by atoms with Crippen LogP contribution in [0.3, 0.4) is 0 Å². The lowest BCUT2D eigenvalue weighted by molar-refractivity contribution is 0.414. The van der Waals surface area contributed by atoms with Crippen molar-refractivity contribution in [3.63, 3.8) is 0 Å². The number of methoxy groups -OCH3 is 1. The molecule has 0 aliphatic carbocycles. The van der Waals surface area contributed by atoms with Gasteiger partial charge in [-0.1, -0.05) is 12.2 Å². The topological polar surface area (TPSA) is 12.5 Å². The van der Waals surface area contributed by atoms with E-state index in [0.29, 0.717) is 0 Å². The molecule has 76 valence electrons. The van der Waals surface area contributed by atoms with Gasteiger partial charge in [0.15, 0.2) is 0 Å². The van der Waals surface area contributed by atoms with Gasteiger partial charge in [-0.15, -0.1) is 0 Å². The summed E-state index contributed by atoms with van der Waals surface area (Å²) < 4.78 is 6.06. The summed E-state index contributed by atoms with van der Waals surface area (Å²) in [5, 5.41) is 0. The van der Waals surface area contributed by atoms with Gasteiger partial charge >= 0.3 is 0 Å². The fourth-order valence-electron chi connectivity index (χ4n) is 1.04. The molecule has 0 amide bonds. The second-order valence-electron chi connectivity index (χ2n) is 3.05. The number of halogens is 1. The molecule has 0 N–H and O–H groups in total. The molecule has 1 aromatic carbocycles. The summed E-state index contributed by atoms with van der Waals surface area (Å²) in [7, 11) is 5.50. The average Bonchev–Trinajstić information content (AvgIpc) is 2.16. The molecule has 0 saturated heterocycles. The molecular weight excluding hydrogens is 262 g/mol. The Hall–Kier alpha value is -0.610. The van der Waals surface area contributed by atoms with Gasteiger partial charge in [0.25, 0.3) is 0 Å². The van der Waals surface area contributed by atoms with E-state index >= 15 is 0 Å². The zero-order chi connectivity index (χ0) is 10.7. The molecular formula is C10H12BrNOS. The zero-order valence-electron chi connectivity index (χ0n) is 8.37. The van der Waals surface area contributed by atoms with Crippen molar-refractivity contribution in [3.05, 3.63) is 28.2 Å². The summed E-state index contributed by atoms with van der Waals surface area (Å²) in [6, 6.07) is 5.76. The van der Waals surface area contributed by atoms with Crippen LogP contribution in [-0.2, 0) is 0 Å². The Morgan fingerprint density at radius 3 is 2.50 bits per heavy atom.